The zero-order valence-corrected chi connectivity index (χ0v) is 23.5. The molecule has 0 radical (unpaired) electrons. The molecule has 214 valence electrons. The smallest absolute Gasteiger partial charge is 0.229 e. The molecule has 0 saturated carbocycles. The molecule has 1 saturated heterocycles. The molecular formula is C29H33ClN8O3. The van der Waals surface area contributed by atoms with Gasteiger partial charge in [0, 0.05) is 56.4 Å². The van der Waals surface area contributed by atoms with Crippen molar-refractivity contribution >= 4 is 40.6 Å². The van der Waals surface area contributed by atoms with Gasteiger partial charge in [-0.3, -0.25) is 14.6 Å². The molecule has 3 heterocycles. The van der Waals surface area contributed by atoms with Crippen molar-refractivity contribution in [1.29, 1.82) is 5.26 Å². The summed E-state index contributed by atoms with van der Waals surface area (Å²) in [5, 5.41) is 19.6. The fourth-order valence-corrected chi connectivity index (χ4v) is 4.86. The third-order valence-electron chi connectivity index (χ3n) is 6.87. The molecule has 0 atom stereocenters. The third-order valence-corrected chi connectivity index (χ3v) is 7.10. The molecule has 1 amide bonds. The zero-order chi connectivity index (χ0) is 28.4. The summed E-state index contributed by atoms with van der Waals surface area (Å²) in [5.74, 6) is 1.16. The van der Waals surface area contributed by atoms with Gasteiger partial charge in [0.15, 0.2) is 5.82 Å². The van der Waals surface area contributed by atoms with E-state index in [1.165, 1.54) is 6.20 Å². The minimum absolute atomic E-state index is 0.0266. The van der Waals surface area contributed by atoms with Crippen LogP contribution in [0.2, 0.25) is 5.02 Å². The highest BCUT2D eigenvalue weighted by Gasteiger charge is 2.16. The number of ether oxygens (including phenoxy) is 2. The van der Waals surface area contributed by atoms with Crippen LogP contribution in [-0.4, -0.2) is 84.8 Å². The van der Waals surface area contributed by atoms with Crippen molar-refractivity contribution in [2.24, 2.45) is 0 Å². The first-order chi connectivity index (χ1) is 20.1. The van der Waals surface area contributed by atoms with E-state index in [1.807, 2.05) is 18.2 Å². The number of carbonyl (C=O) groups is 1. The molecule has 4 bridgehead atoms. The Hall–Kier alpha value is -3.95. The number of amides is 1. The fraction of sp³-hybridized carbons (Fsp3) is 0.379. The lowest BCUT2D eigenvalue weighted by atomic mass is 10.1. The Bertz CT molecular complexity index is 1390. The highest BCUT2D eigenvalue weighted by Crippen LogP contribution is 2.31. The first-order valence-electron chi connectivity index (χ1n) is 13.7. The Morgan fingerprint density at radius 3 is 2.73 bits per heavy atom. The number of nitrogens with zero attached hydrogens (tertiary/aromatic N) is 5. The maximum Gasteiger partial charge on any atom is 0.229 e. The van der Waals surface area contributed by atoms with E-state index >= 15 is 0 Å². The molecule has 0 spiro atoms. The van der Waals surface area contributed by atoms with E-state index in [0.717, 1.165) is 50.6 Å². The lowest BCUT2D eigenvalue weighted by Gasteiger charge is -2.30. The Labute approximate surface area is 244 Å². The largest absolute Gasteiger partial charge is 0.490 e. The number of halogens is 1. The third kappa shape index (κ3) is 8.28. The maximum atomic E-state index is 12.7. The SMILES string of the molecule is N#Cc1cnc2nc1Nc1cccc(c1)CN(CCN1CCOCC1)CCC(=O)NCCOc1ccc(Cl)cc1N2. The molecule has 2 aliphatic rings. The number of anilines is 4. The number of hydrogen-bond acceptors (Lipinski definition) is 10. The summed E-state index contributed by atoms with van der Waals surface area (Å²) in [4.78, 5) is 26.3. The Morgan fingerprint density at radius 2 is 1.88 bits per heavy atom. The summed E-state index contributed by atoms with van der Waals surface area (Å²) in [6, 6.07) is 15.3. The van der Waals surface area contributed by atoms with Crippen LogP contribution in [0.4, 0.5) is 23.1 Å². The first-order valence-corrected chi connectivity index (χ1v) is 14.0. The number of hydrogen-bond donors (Lipinski definition) is 3. The van der Waals surface area contributed by atoms with E-state index in [4.69, 9.17) is 21.1 Å². The average molecular weight is 577 g/mol. The fourth-order valence-electron chi connectivity index (χ4n) is 4.68. The van der Waals surface area contributed by atoms with Crippen LogP contribution >= 0.6 is 11.6 Å². The molecule has 0 aliphatic carbocycles. The summed E-state index contributed by atoms with van der Waals surface area (Å²) in [6.45, 7) is 6.99. The van der Waals surface area contributed by atoms with Gasteiger partial charge in [-0.2, -0.15) is 10.2 Å². The maximum absolute atomic E-state index is 12.7. The monoisotopic (exact) mass is 576 g/mol. The Balaban J connectivity index is 1.40. The van der Waals surface area contributed by atoms with Gasteiger partial charge in [0.2, 0.25) is 11.9 Å². The van der Waals surface area contributed by atoms with Crippen LogP contribution in [0.1, 0.15) is 17.5 Å². The van der Waals surface area contributed by atoms with Gasteiger partial charge in [-0.25, -0.2) is 4.98 Å². The first kappa shape index (κ1) is 28.6. The number of fused-ring (bicyclic) bond motifs is 5. The van der Waals surface area contributed by atoms with Gasteiger partial charge in [-0.05, 0) is 35.9 Å². The van der Waals surface area contributed by atoms with Gasteiger partial charge >= 0.3 is 0 Å². The van der Waals surface area contributed by atoms with Gasteiger partial charge in [0.05, 0.1) is 31.6 Å². The van der Waals surface area contributed by atoms with Crippen molar-refractivity contribution in [3.05, 3.63) is 64.8 Å². The van der Waals surface area contributed by atoms with Gasteiger partial charge in [-0.1, -0.05) is 23.7 Å². The molecule has 0 unspecified atom stereocenters. The van der Waals surface area contributed by atoms with Crippen LogP contribution in [0.25, 0.3) is 0 Å². The van der Waals surface area contributed by atoms with Crippen molar-refractivity contribution in [2.75, 3.05) is 69.7 Å². The summed E-state index contributed by atoms with van der Waals surface area (Å²) >= 11 is 6.25. The number of benzene rings is 2. The van der Waals surface area contributed by atoms with E-state index in [9.17, 15) is 10.1 Å². The van der Waals surface area contributed by atoms with E-state index in [0.29, 0.717) is 53.9 Å². The van der Waals surface area contributed by atoms with Gasteiger partial charge in [0.1, 0.15) is 24.0 Å². The number of nitrogens with one attached hydrogen (secondary N) is 3. The molecule has 3 N–H and O–H groups in total. The molecule has 5 rings (SSSR count). The van der Waals surface area contributed by atoms with Crippen LogP contribution in [0, 0.1) is 11.3 Å². The number of carbonyl (C=O) groups excluding carboxylic acids is 1. The zero-order valence-electron chi connectivity index (χ0n) is 22.7. The number of nitriles is 1. The summed E-state index contributed by atoms with van der Waals surface area (Å²) in [5.41, 5.74) is 2.75. The number of aromatic nitrogens is 2. The van der Waals surface area contributed by atoms with Crippen molar-refractivity contribution in [2.45, 2.75) is 13.0 Å². The van der Waals surface area contributed by atoms with E-state index in [1.54, 1.807) is 18.2 Å². The summed E-state index contributed by atoms with van der Waals surface area (Å²) in [6.07, 6.45) is 1.85. The molecule has 11 nitrogen and oxygen atoms in total. The van der Waals surface area contributed by atoms with Gasteiger partial charge in [0.25, 0.3) is 0 Å². The highest BCUT2D eigenvalue weighted by atomic mass is 35.5. The van der Waals surface area contributed by atoms with Crippen molar-refractivity contribution in [3.63, 3.8) is 0 Å². The van der Waals surface area contributed by atoms with Gasteiger partial charge in [-0.15, -0.1) is 0 Å². The second-order valence-corrected chi connectivity index (χ2v) is 10.3. The topological polar surface area (TPSA) is 128 Å². The normalized spacial score (nSPS) is 17.2. The van der Waals surface area contributed by atoms with Crippen LogP contribution < -0.4 is 20.7 Å². The van der Waals surface area contributed by atoms with E-state index in [2.05, 4.69) is 47.9 Å². The molecular weight excluding hydrogens is 544 g/mol. The predicted molar refractivity (Wildman–Crippen MR) is 157 cm³/mol. The quantitative estimate of drug-likeness (QED) is 0.426. The van der Waals surface area contributed by atoms with E-state index in [-0.39, 0.29) is 18.5 Å². The van der Waals surface area contributed by atoms with Crippen molar-refractivity contribution in [3.8, 4) is 11.8 Å². The Kier molecular flexibility index (Phi) is 9.82. The number of morpholine rings is 1. The predicted octanol–water partition coefficient (Wildman–Crippen LogP) is 3.52. The molecule has 2 aromatic carbocycles. The lowest BCUT2D eigenvalue weighted by Crippen LogP contribution is -2.42. The minimum Gasteiger partial charge on any atom is -0.490 e. The summed E-state index contributed by atoms with van der Waals surface area (Å²) < 4.78 is 11.4. The molecule has 2 aliphatic heterocycles. The molecule has 3 aromatic rings. The summed E-state index contributed by atoms with van der Waals surface area (Å²) in [7, 11) is 0. The lowest BCUT2D eigenvalue weighted by molar-refractivity contribution is -0.121. The van der Waals surface area contributed by atoms with Crippen LogP contribution in [0.15, 0.2) is 48.7 Å². The molecule has 1 aromatic heterocycles. The molecule has 41 heavy (non-hydrogen) atoms. The van der Waals surface area contributed by atoms with E-state index < -0.39 is 0 Å². The van der Waals surface area contributed by atoms with Crippen LogP contribution in [0.3, 0.4) is 0 Å². The minimum atomic E-state index is -0.0266. The Morgan fingerprint density at radius 1 is 1.02 bits per heavy atom. The van der Waals surface area contributed by atoms with Crippen molar-refractivity contribution in [1.82, 2.24) is 25.1 Å². The van der Waals surface area contributed by atoms with Crippen LogP contribution in [0.5, 0.6) is 5.75 Å². The van der Waals surface area contributed by atoms with Crippen LogP contribution in [-0.2, 0) is 16.1 Å². The second-order valence-electron chi connectivity index (χ2n) is 9.84. The van der Waals surface area contributed by atoms with Crippen molar-refractivity contribution < 1.29 is 14.3 Å². The number of rotatable bonds is 3. The standard InChI is InChI=1S/C29H33ClN8O3/c30-23-4-5-26-25(17-23)35-29-33-19-22(18-31)28(36-29)34-24-3-1-2-21(16-24)20-38(8-6-27(39)32-7-13-41-26)10-9-37-11-14-40-15-12-37/h1-5,16-17,19H,6-15,20H2,(H,32,39)(H2,33,34,35,36). The highest BCUT2D eigenvalue weighted by molar-refractivity contribution is 6.31. The average Bonchev–Trinajstić information content (AvgIpc) is 2.98. The molecule has 12 heteroatoms. The van der Waals surface area contributed by atoms with Gasteiger partial charge < -0.3 is 25.4 Å². The second kappa shape index (κ2) is 14.1. The molecule has 1 fully saturated rings.